The number of ether oxygens (including phenoxy) is 2. The lowest BCUT2D eigenvalue weighted by atomic mass is 10.1. The SMILES string of the molecule is Br.CCN(CC)C1Cc2cc(OC)cc(OC)c2C1. The predicted molar refractivity (Wildman–Crippen MR) is 84.0 cm³/mol. The van der Waals surface area contributed by atoms with Gasteiger partial charge in [0.25, 0.3) is 0 Å². The third-order valence-corrected chi connectivity index (χ3v) is 3.95. The molecule has 0 N–H and O–H groups in total. The van der Waals surface area contributed by atoms with Crippen LogP contribution in [0.25, 0.3) is 0 Å². The maximum absolute atomic E-state index is 5.50. The monoisotopic (exact) mass is 329 g/mol. The van der Waals surface area contributed by atoms with Crippen molar-refractivity contribution in [1.29, 1.82) is 0 Å². The topological polar surface area (TPSA) is 21.7 Å². The van der Waals surface area contributed by atoms with Crippen molar-refractivity contribution in [2.45, 2.75) is 32.7 Å². The molecule has 0 aromatic heterocycles. The number of likely N-dealkylation sites (N-methyl/N-ethyl adjacent to an activating group) is 1. The van der Waals surface area contributed by atoms with Crippen molar-refractivity contribution in [3.05, 3.63) is 23.3 Å². The molecule has 1 aliphatic rings. The van der Waals surface area contributed by atoms with E-state index in [9.17, 15) is 0 Å². The molecule has 0 radical (unpaired) electrons. The summed E-state index contributed by atoms with van der Waals surface area (Å²) < 4.78 is 10.8. The summed E-state index contributed by atoms with van der Waals surface area (Å²) in [6.45, 7) is 6.66. The molecule has 0 bridgehead atoms. The lowest BCUT2D eigenvalue weighted by Gasteiger charge is -2.25. The lowest BCUT2D eigenvalue weighted by Crippen LogP contribution is -2.35. The second-order valence-corrected chi connectivity index (χ2v) is 4.75. The molecule has 108 valence electrons. The van der Waals surface area contributed by atoms with Crippen LogP contribution < -0.4 is 9.47 Å². The van der Waals surface area contributed by atoms with E-state index in [0.29, 0.717) is 6.04 Å². The molecular weight excluding hydrogens is 306 g/mol. The highest BCUT2D eigenvalue weighted by molar-refractivity contribution is 8.93. The molecule has 1 unspecified atom stereocenters. The van der Waals surface area contributed by atoms with Gasteiger partial charge >= 0.3 is 0 Å². The van der Waals surface area contributed by atoms with Gasteiger partial charge < -0.3 is 14.4 Å². The van der Waals surface area contributed by atoms with Crippen molar-refractivity contribution in [3.8, 4) is 11.5 Å². The van der Waals surface area contributed by atoms with Gasteiger partial charge in [-0.25, -0.2) is 0 Å². The smallest absolute Gasteiger partial charge is 0.126 e. The van der Waals surface area contributed by atoms with Crippen LogP contribution in [0.2, 0.25) is 0 Å². The fourth-order valence-electron chi connectivity index (χ4n) is 2.95. The van der Waals surface area contributed by atoms with Gasteiger partial charge in [0.1, 0.15) is 11.5 Å². The highest BCUT2D eigenvalue weighted by Crippen LogP contribution is 2.36. The molecule has 4 heteroatoms. The van der Waals surface area contributed by atoms with Crippen LogP contribution in [0.5, 0.6) is 11.5 Å². The van der Waals surface area contributed by atoms with Gasteiger partial charge in [-0.1, -0.05) is 13.8 Å². The van der Waals surface area contributed by atoms with Crippen molar-refractivity contribution in [3.63, 3.8) is 0 Å². The van der Waals surface area contributed by atoms with Crippen molar-refractivity contribution < 1.29 is 9.47 Å². The van der Waals surface area contributed by atoms with E-state index in [-0.39, 0.29) is 17.0 Å². The van der Waals surface area contributed by atoms with Gasteiger partial charge in [-0.05, 0) is 43.1 Å². The van der Waals surface area contributed by atoms with E-state index in [1.165, 1.54) is 11.1 Å². The van der Waals surface area contributed by atoms with E-state index in [4.69, 9.17) is 9.47 Å². The summed E-state index contributed by atoms with van der Waals surface area (Å²) in [5.74, 6) is 1.87. The van der Waals surface area contributed by atoms with Crippen molar-refractivity contribution >= 4 is 17.0 Å². The Morgan fingerprint density at radius 2 is 1.79 bits per heavy atom. The molecule has 0 fully saturated rings. The summed E-state index contributed by atoms with van der Waals surface area (Å²) >= 11 is 0. The van der Waals surface area contributed by atoms with Gasteiger partial charge in [0.15, 0.2) is 0 Å². The second-order valence-electron chi connectivity index (χ2n) is 4.75. The van der Waals surface area contributed by atoms with Gasteiger partial charge in [0, 0.05) is 12.1 Å². The van der Waals surface area contributed by atoms with Crippen molar-refractivity contribution in [1.82, 2.24) is 4.90 Å². The summed E-state index contributed by atoms with van der Waals surface area (Å²) in [4.78, 5) is 2.52. The van der Waals surface area contributed by atoms with Crippen LogP contribution in [0.4, 0.5) is 0 Å². The number of nitrogens with zero attached hydrogens (tertiary/aromatic N) is 1. The Balaban J connectivity index is 0.00000180. The molecule has 0 heterocycles. The molecule has 1 aromatic rings. The highest BCUT2D eigenvalue weighted by atomic mass is 79.9. The molecule has 19 heavy (non-hydrogen) atoms. The first kappa shape index (κ1) is 16.3. The van der Waals surface area contributed by atoms with E-state index in [0.717, 1.165) is 37.4 Å². The maximum Gasteiger partial charge on any atom is 0.126 e. The van der Waals surface area contributed by atoms with E-state index in [1.807, 2.05) is 6.07 Å². The van der Waals surface area contributed by atoms with E-state index in [2.05, 4.69) is 24.8 Å². The molecule has 2 rings (SSSR count). The Morgan fingerprint density at radius 3 is 2.32 bits per heavy atom. The summed E-state index contributed by atoms with van der Waals surface area (Å²) in [6.07, 6.45) is 2.19. The molecule has 0 saturated carbocycles. The van der Waals surface area contributed by atoms with Crippen LogP contribution in [0, 0.1) is 0 Å². The Bertz CT molecular complexity index is 419. The van der Waals surface area contributed by atoms with Gasteiger partial charge in [-0.3, -0.25) is 0 Å². The number of fused-ring (bicyclic) bond motifs is 1. The molecule has 0 saturated heterocycles. The minimum absolute atomic E-state index is 0. The fourth-order valence-corrected chi connectivity index (χ4v) is 2.95. The quantitative estimate of drug-likeness (QED) is 0.828. The number of methoxy groups -OCH3 is 2. The first-order valence-corrected chi connectivity index (χ1v) is 6.71. The first-order chi connectivity index (χ1) is 8.73. The largest absolute Gasteiger partial charge is 0.497 e. The lowest BCUT2D eigenvalue weighted by molar-refractivity contribution is 0.223. The Labute approximate surface area is 126 Å². The molecule has 1 atom stereocenters. The molecule has 0 aliphatic heterocycles. The summed E-state index contributed by atoms with van der Waals surface area (Å²) in [6, 6.07) is 4.75. The minimum atomic E-state index is 0. The van der Waals surface area contributed by atoms with Crippen LogP contribution in [0.15, 0.2) is 12.1 Å². The number of benzene rings is 1. The Morgan fingerprint density at radius 1 is 1.11 bits per heavy atom. The third-order valence-electron chi connectivity index (χ3n) is 3.95. The second kappa shape index (κ2) is 7.15. The zero-order valence-electron chi connectivity index (χ0n) is 12.2. The highest BCUT2D eigenvalue weighted by Gasteiger charge is 2.28. The Kier molecular flexibility index (Phi) is 6.14. The normalized spacial score (nSPS) is 17.0. The molecule has 3 nitrogen and oxygen atoms in total. The zero-order chi connectivity index (χ0) is 13.1. The number of hydrogen-bond donors (Lipinski definition) is 0. The fraction of sp³-hybridized carbons (Fsp3) is 0.600. The number of halogens is 1. The zero-order valence-corrected chi connectivity index (χ0v) is 13.9. The summed E-state index contributed by atoms with van der Waals surface area (Å²) in [5.41, 5.74) is 2.73. The van der Waals surface area contributed by atoms with Crippen molar-refractivity contribution in [2.75, 3.05) is 27.3 Å². The maximum atomic E-state index is 5.50. The molecular formula is C15H24BrNO2. The average Bonchev–Trinajstić information content (AvgIpc) is 2.82. The average molecular weight is 330 g/mol. The summed E-state index contributed by atoms with van der Waals surface area (Å²) in [7, 11) is 3.44. The minimum Gasteiger partial charge on any atom is -0.497 e. The van der Waals surface area contributed by atoms with Crippen LogP contribution in [-0.4, -0.2) is 38.3 Å². The molecule has 0 spiro atoms. The van der Waals surface area contributed by atoms with Crippen molar-refractivity contribution in [2.24, 2.45) is 0 Å². The predicted octanol–water partition coefficient (Wildman–Crippen LogP) is 3.09. The van der Waals surface area contributed by atoms with E-state index < -0.39 is 0 Å². The standard InChI is InChI=1S/C15H23NO2.BrH/c1-5-16(6-2)12-7-11-8-13(17-3)10-15(18-4)14(11)9-12;/h8,10,12H,5-7,9H2,1-4H3;1H. The van der Waals surface area contributed by atoms with E-state index in [1.54, 1.807) is 14.2 Å². The summed E-state index contributed by atoms with van der Waals surface area (Å²) in [5, 5.41) is 0. The van der Waals surface area contributed by atoms with Crippen LogP contribution in [-0.2, 0) is 12.8 Å². The van der Waals surface area contributed by atoms with Gasteiger partial charge in [-0.2, -0.15) is 0 Å². The van der Waals surface area contributed by atoms with Gasteiger partial charge in [0.2, 0.25) is 0 Å². The Hall–Kier alpha value is -0.740. The molecule has 1 aromatic carbocycles. The van der Waals surface area contributed by atoms with Crippen LogP contribution >= 0.6 is 17.0 Å². The van der Waals surface area contributed by atoms with E-state index >= 15 is 0 Å². The molecule has 1 aliphatic carbocycles. The number of rotatable bonds is 5. The van der Waals surface area contributed by atoms with Gasteiger partial charge in [-0.15, -0.1) is 17.0 Å². The number of hydrogen-bond acceptors (Lipinski definition) is 3. The first-order valence-electron chi connectivity index (χ1n) is 6.71. The van der Waals surface area contributed by atoms with Crippen LogP contribution in [0.1, 0.15) is 25.0 Å². The van der Waals surface area contributed by atoms with Crippen LogP contribution in [0.3, 0.4) is 0 Å². The molecule has 0 amide bonds. The van der Waals surface area contributed by atoms with Gasteiger partial charge in [0.05, 0.1) is 14.2 Å². The third kappa shape index (κ3) is 3.23.